The van der Waals surface area contributed by atoms with Crippen molar-refractivity contribution < 1.29 is 23.4 Å². The molecule has 0 spiro atoms. The SMILES string of the molecule is COc1ccccc1CN(Cc1ccco1)CC(O)COc1ccc(F)cc1. The summed E-state index contributed by atoms with van der Waals surface area (Å²) in [6, 6.07) is 17.3. The van der Waals surface area contributed by atoms with Gasteiger partial charge in [0.15, 0.2) is 0 Å². The Labute approximate surface area is 163 Å². The minimum Gasteiger partial charge on any atom is -0.496 e. The van der Waals surface area contributed by atoms with Crippen molar-refractivity contribution in [1.82, 2.24) is 4.90 Å². The van der Waals surface area contributed by atoms with Gasteiger partial charge >= 0.3 is 0 Å². The fraction of sp³-hybridized carbons (Fsp3) is 0.273. The molecule has 0 aliphatic heterocycles. The summed E-state index contributed by atoms with van der Waals surface area (Å²) in [7, 11) is 1.64. The van der Waals surface area contributed by atoms with E-state index in [2.05, 4.69) is 4.90 Å². The van der Waals surface area contributed by atoms with Gasteiger partial charge in [-0.05, 0) is 42.5 Å². The molecule has 0 fully saturated rings. The van der Waals surface area contributed by atoms with Crippen LogP contribution in [0.4, 0.5) is 4.39 Å². The van der Waals surface area contributed by atoms with Gasteiger partial charge < -0.3 is 19.0 Å². The van der Waals surface area contributed by atoms with Crippen LogP contribution in [0.5, 0.6) is 11.5 Å². The lowest BCUT2D eigenvalue weighted by Crippen LogP contribution is -2.35. The van der Waals surface area contributed by atoms with E-state index < -0.39 is 6.10 Å². The molecule has 3 aromatic rings. The first-order chi connectivity index (χ1) is 13.6. The van der Waals surface area contributed by atoms with Crippen molar-refractivity contribution in [1.29, 1.82) is 0 Å². The third kappa shape index (κ3) is 5.84. The van der Waals surface area contributed by atoms with Gasteiger partial charge in [-0.1, -0.05) is 18.2 Å². The molecule has 28 heavy (non-hydrogen) atoms. The molecular formula is C22H24FNO4. The van der Waals surface area contributed by atoms with Crippen molar-refractivity contribution in [3.63, 3.8) is 0 Å². The normalized spacial score (nSPS) is 12.1. The second-order valence-corrected chi connectivity index (χ2v) is 6.48. The minimum absolute atomic E-state index is 0.103. The highest BCUT2D eigenvalue weighted by Gasteiger charge is 2.16. The number of aliphatic hydroxyl groups is 1. The Bertz CT molecular complexity index is 836. The number of halogens is 1. The first-order valence-electron chi connectivity index (χ1n) is 9.07. The summed E-state index contributed by atoms with van der Waals surface area (Å²) in [6.07, 6.45) is 0.903. The molecule has 1 N–H and O–H groups in total. The smallest absolute Gasteiger partial charge is 0.123 e. The van der Waals surface area contributed by atoms with Gasteiger partial charge in [-0.25, -0.2) is 4.39 Å². The maximum Gasteiger partial charge on any atom is 0.123 e. The van der Waals surface area contributed by atoms with Gasteiger partial charge in [0.05, 0.1) is 19.9 Å². The van der Waals surface area contributed by atoms with E-state index in [1.165, 1.54) is 24.3 Å². The first-order valence-corrected chi connectivity index (χ1v) is 9.07. The van der Waals surface area contributed by atoms with Crippen LogP contribution in [0, 0.1) is 5.82 Å². The Hall–Kier alpha value is -2.83. The molecule has 5 nitrogen and oxygen atoms in total. The summed E-state index contributed by atoms with van der Waals surface area (Å²) in [5.74, 6) is 1.79. The Morgan fingerprint density at radius 1 is 1.04 bits per heavy atom. The van der Waals surface area contributed by atoms with Crippen molar-refractivity contribution in [2.75, 3.05) is 20.3 Å². The van der Waals surface area contributed by atoms with E-state index in [4.69, 9.17) is 13.9 Å². The largest absolute Gasteiger partial charge is 0.496 e. The van der Waals surface area contributed by atoms with Crippen LogP contribution in [0.2, 0.25) is 0 Å². The lowest BCUT2D eigenvalue weighted by atomic mass is 10.1. The Balaban J connectivity index is 1.63. The lowest BCUT2D eigenvalue weighted by molar-refractivity contribution is 0.0601. The monoisotopic (exact) mass is 385 g/mol. The number of para-hydroxylation sites is 1. The predicted octanol–water partition coefficient (Wildman–Crippen LogP) is 3.87. The average molecular weight is 385 g/mol. The summed E-state index contributed by atoms with van der Waals surface area (Å²) in [4.78, 5) is 2.06. The number of nitrogens with zero attached hydrogens (tertiary/aromatic N) is 1. The zero-order valence-electron chi connectivity index (χ0n) is 15.8. The molecule has 3 rings (SSSR count). The minimum atomic E-state index is -0.727. The van der Waals surface area contributed by atoms with Crippen molar-refractivity contribution in [2.24, 2.45) is 0 Å². The molecule has 0 saturated carbocycles. The van der Waals surface area contributed by atoms with E-state index in [0.717, 1.165) is 17.1 Å². The average Bonchev–Trinajstić information content (AvgIpc) is 3.21. The number of furan rings is 1. The van der Waals surface area contributed by atoms with E-state index in [-0.39, 0.29) is 12.4 Å². The van der Waals surface area contributed by atoms with Gasteiger partial charge in [-0.15, -0.1) is 0 Å². The van der Waals surface area contributed by atoms with E-state index in [1.807, 2.05) is 36.4 Å². The number of benzene rings is 2. The van der Waals surface area contributed by atoms with Crippen molar-refractivity contribution in [2.45, 2.75) is 19.2 Å². The van der Waals surface area contributed by atoms with Crippen molar-refractivity contribution in [3.8, 4) is 11.5 Å². The van der Waals surface area contributed by atoms with Gasteiger partial charge in [-0.3, -0.25) is 4.90 Å². The van der Waals surface area contributed by atoms with Crippen LogP contribution in [0.1, 0.15) is 11.3 Å². The van der Waals surface area contributed by atoms with E-state index in [9.17, 15) is 9.50 Å². The molecule has 1 unspecified atom stereocenters. The van der Waals surface area contributed by atoms with Gasteiger partial charge in [0.1, 0.15) is 35.8 Å². The molecule has 0 aliphatic carbocycles. The molecule has 6 heteroatoms. The fourth-order valence-corrected chi connectivity index (χ4v) is 2.96. The maximum absolute atomic E-state index is 13.0. The van der Waals surface area contributed by atoms with Crippen LogP contribution in [-0.2, 0) is 13.1 Å². The molecule has 0 bridgehead atoms. The zero-order valence-corrected chi connectivity index (χ0v) is 15.8. The standard InChI is InChI=1S/C22H24FNO4/c1-26-22-7-3-2-5-17(22)13-24(15-21-6-4-12-27-21)14-19(25)16-28-20-10-8-18(23)9-11-20/h2-12,19,25H,13-16H2,1H3. The van der Waals surface area contributed by atoms with Gasteiger partial charge in [-0.2, -0.15) is 0 Å². The molecular weight excluding hydrogens is 361 g/mol. The number of methoxy groups -OCH3 is 1. The van der Waals surface area contributed by atoms with Crippen LogP contribution in [0.25, 0.3) is 0 Å². The highest BCUT2D eigenvalue weighted by Crippen LogP contribution is 2.21. The second kappa shape index (κ2) is 9.92. The van der Waals surface area contributed by atoms with Crippen LogP contribution >= 0.6 is 0 Å². The Morgan fingerprint density at radius 3 is 2.54 bits per heavy atom. The first kappa shape index (κ1) is 19.9. The molecule has 0 saturated heterocycles. The summed E-state index contributed by atoms with van der Waals surface area (Å²) in [5, 5.41) is 10.5. The van der Waals surface area contributed by atoms with Crippen molar-refractivity contribution >= 4 is 0 Å². The maximum atomic E-state index is 13.0. The third-order valence-corrected chi connectivity index (χ3v) is 4.27. The molecule has 148 valence electrons. The molecule has 1 atom stereocenters. The number of hydrogen-bond donors (Lipinski definition) is 1. The zero-order chi connectivity index (χ0) is 19.8. The van der Waals surface area contributed by atoms with Crippen molar-refractivity contribution in [3.05, 3.63) is 84.1 Å². The summed E-state index contributed by atoms with van der Waals surface area (Å²) in [6.45, 7) is 1.60. The predicted molar refractivity (Wildman–Crippen MR) is 104 cm³/mol. The van der Waals surface area contributed by atoms with Gasteiger partial charge in [0.2, 0.25) is 0 Å². The number of hydrogen-bond acceptors (Lipinski definition) is 5. The van der Waals surface area contributed by atoms with Gasteiger partial charge in [0.25, 0.3) is 0 Å². The number of ether oxygens (including phenoxy) is 2. The molecule has 0 amide bonds. The fourth-order valence-electron chi connectivity index (χ4n) is 2.96. The number of aliphatic hydroxyl groups excluding tert-OH is 1. The lowest BCUT2D eigenvalue weighted by Gasteiger charge is -2.25. The molecule has 2 aromatic carbocycles. The topological polar surface area (TPSA) is 55.1 Å². The van der Waals surface area contributed by atoms with Crippen LogP contribution in [-0.4, -0.2) is 36.4 Å². The molecule has 0 radical (unpaired) electrons. The molecule has 1 aromatic heterocycles. The summed E-state index contributed by atoms with van der Waals surface area (Å²) >= 11 is 0. The highest BCUT2D eigenvalue weighted by molar-refractivity contribution is 5.33. The molecule has 0 aliphatic rings. The second-order valence-electron chi connectivity index (χ2n) is 6.48. The highest BCUT2D eigenvalue weighted by atomic mass is 19.1. The van der Waals surface area contributed by atoms with Crippen LogP contribution in [0.3, 0.4) is 0 Å². The van der Waals surface area contributed by atoms with E-state index in [1.54, 1.807) is 13.4 Å². The van der Waals surface area contributed by atoms with Gasteiger partial charge in [0, 0.05) is 18.7 Å². The van der Waals surface area contributed by atoms with Crippen LogP contribution in [0.15, 0.2) is 71.3 Å². The van der Waals surface area contributed by atoms with E-state index in [0.29, 0.717) is 25.4 Å². The third-order valence-electron chi connectivity index (χ3n) is 4.27. The summed E-state index contributed by atoms with van der Waals surface area (Å²) in [5.41, 5.74) is 1.02. The quantitative estimate of drug-likeness (QED) is 0.574. The summed E-state index contributed by atoms with van der Waals surface area (Å²) < 4.78 is 29.4. The van der Waals surface area contributed by atoms with E-state index >= 15 is 0 Å². The Kier molecular flexibility index (Phi) is 7.06. The Morgan fingerprint density at radius 2 is 1.82 bits per heavy atom. The molecule has 1 heterocycles. The number of rotatable bonds is 10. The van der Waals surface area contributed by atoms with Crippen LogP contribution < -0.4 is 9.47 Å².